The van der Waals surface area contributed by atoms with Crippen molar-refractivity contribution in [3.8, 4) is 0 Å². The van der Waals surface area contributed by atoms with Crippen molar-refractivity contribution in [1.29, 1.82) is 0 Å². The number of carbonyl (C=O) groups excluding carboxylic acids is 1. The highest BCUT2D eigenvalue weighted by atomic mass is 35.5. The summed E-state index contributed by atoms with van der Waals surface area (Å²) < 4.78 is 29.0. The highest BCUT2D eigenvalue weighted by Crippen LogP contribution is 2.29. The Morgan fingerprint density at radius 3 is 2.17 bits per heavy atom. The average molecular weight is 396 g/mol. The van der Waals surface area contributed by atoms with Crippen LogP contribution in [0, 0.1) is 5.92 Å². The molecule has 0 spiro atoms. The van der Waals surface area contributed by atoms with Gasteiger partial charge in [-0.3, -0.25) is 0 Å². The van der Waals surface area contributed by atoms with E-state index < -0.39 is 26.7 Å². The zero-order chi connectivity index (χ0) is 18.5. The monoisotopic (exact) mass is 395 g/mol. The number of benzene rings is 1. The first-order chi connectivity index (χ1) is 11.0. The first-order valence-corrected chi connectivity index (χ1v) is 10.1. The van der Waals surface area contributed by atoms with Gasteiger partial charge in [0, 0.05) is 11.1 Å². The minimum absolute atomic E-state index is 0.103. The summed E-state index contributed by atoms with van der Waals surface area (Å²) in [5, 5.41) is 3.10. The van der Waals surface area contributed by atoms with Gasteiger partial charge < -0.3 is 10.1 Å². The quantitative estimate of drug-likeness (QED) is 0.703. The van der Waals surface area contributed by atoms with Crippen molar-refractivity contribution in [2.75, 3.05) is 5.75 Å². The Balaban J connectivity index is 2.87. The second-order valence-electron chi connectivity index (χ2n) is 6.15. The molecule has 8 heteroatoms. The second-order valence-corrected chi connectivity index (χ2v) is 9.41. The van der Waals surface area contributed by atoms with Gasteiger partial charge in [-0.25, -0.2) is 13.2 Å². The molecular weight excluding hydrogens is 373 g/mol. The van der Waals surface area contributed by atoms with E-state index in [-0.39, 0.29) is 17.8 Å². The molecule has 0 aliphatic heterocycles. The molecule has 0 saturated heterocycles. The van der Waals surface area contributed by atoms with Gasteiger partial charge in [0.1, 0.15) is 0 Å². The number of carbonyl (C=O) groups is 1. The Morgan fingerprint density at radius 2 is 1.71 bits per heavy atom. The molecule has 0 bridgehead atoms. The van der Waals surface area contributed by atoms with E-state index in [0.29, 0.717) is 10.6 Å². The van der Waals surface area contributed by atoms with Crippen molar-refractivity contribution in [3.05, 3.63) is 34.9 Å². The fourth-order valence-electron chi connectivity index (χ4n) is 1.96. The predicted octanol–water partition coefficient (Wildman–Crippen LogP) is 4.15. The van der Waals surface area contributed by atoms with Gasteiger partial charge in [0.15, 0.2) is 14.5 Å². The third-order valence-electron chi connectivity index (χ3n) is 3.31. The molecule has 1 rings (SSSR count). The number of halogens is 2. The summed E-state index contributed by atoms with van der Waals surface area (Å²) >= 11 is 11.9. The molecule has 0 heterocycles. The van der Waals surface area contributed by atoms with Crippen molar-refractivity contribution >= 4 is 39.1 Å². The van der Waals surface area contributed by atoms with Crippen LogP contribution in [0.1, 0.15) is 38.0 Å². The van der Waals surface area contributed by atoms with Crippen LogP contribution in [0.3, 0.4) is 0 Å². The zero-order valence-electron chi connectivity index (χ0n) is 14.1. The normalized spacial score (nSPS) is 14.5. The highest BCUT2D eigenvalue weighted by molar-refractivity contribution is 7.92. The molecule has 1 aromatic rings. The van der Waals surface area contributed by atoms with Crippen molar-refractivity contribution in [2.45, 2.75) is 44.5 Å². The number of sulfone groups is 1. The minimum atomic E-state index is -3.69. The number of amides is 1. The number of nitrogens with one attached hydrogen (secondary N) is 1. The molecule has 0 saturated carbocycles. The van der Waals surface area contributed by atoms with E-state index in [4.69, 9.17) is 27.9 Å². The Bertz CT molecular complexity index is 645. The molecule has 1 aromatic carbocycles. The van der Waals surface area contributed by atoms with Gasteiger partial charge in [-0.05, 0) is 37.5 Å². The van der Waals surface area contributed by atoms with E-state index in [9.17, 15) is 13.2 Å². The van der Waals surface area contributed by atoms with Gasteiger partial charge in [-0.15, -0.1) is 11.6 Å². The molecule has 24 heavy (non-hydrogen) atoms. The van der Waals surface area contributed by atoms with E-state index in [1.54, 1.807) is 38.1 Å². The van der Waals surface area contributed by atoms with Gasteiger partial charge >= 0.3 is 6.09 Å². The SMILES string of the molecule is CC(C)OC(=O)N[C@H](CS(=O)(=O)C(Cl)c1ccc(Cl)cc1)C(C)C. The fraction of sp³-hybridized carbons (Fsp3) is 0.562. The molecule has 1 unspecified atom stereocenters. The second kappa shape index (κ2) is 8.92. The summed E-state index contributed by atoms with van der Waals surface area (Å²) in [7, 11) is -3.69. The summed E-state index contributed by atoms with van der Waals surface area (Å²) in [5.41, 5.74) is 0.438. The van der Waals surface area contributed by atoms with Crippen LogP contribution >= 0.6 is 23.2 Å². The zero-order valence-corrected chi connectivity index (χ0v) is 16.5. The number of alkyl carbamates (subject to hydrolysis) is 1. The van der Waals surface area contributed by atoms with Crippen molar-refractivity contribution in [1.82, 2.24) is 5.32 Å². The van der Waals surface area contributed by atoms with E-state index in [0.717, 1.165) is 0 Å². The van der Waals surface area contributed by atoms with Crippen LogP contribution in [-0.2, 0) is 14.6 Å². The van der Waals surface area contributed by atoms with Crippen molar-refractivity contribution in [3.63, 3.8) is 0 Å². The van der Waals surface area contributed by atoms with Crippen LogP contribution in [0.4, 0.5) is 4.79 Å². The topological polar surface area (TPSA) is 72.5 Å². The number of hydrogen-bond acceptors (Lipinski definition) is 4. The summed E-state index contributed by atoms with van der Waals surface area (Å²) in [4.78, 5) is 11.8. The minimum Gasteiger partial charge on any atom is -0.447 e. The van der Waals surface area contributed by atoms with Gasteiger partial charge in [-0.1, -0.05) is 37.6 Å². The van der Waals surface area contributed by atoms with E-state index in [1.807, 2.05) is 13.8 Å². The predicted molar refractivity (Wildman–Crippen MR) is 97.2 cm³/mol. The lowest BCUT2D eigenvalue weighted by Gasteiger charge is -2.24. The molecule has 136 valence electrons. The highest BCUT2D eigenvalue weighted by Gasteiger charge is 2.31. The summed E-state index contributed by atoms with van der Waals surface area (Å²) in [6.07, 6.45) is -0.930. The van der Waals surface area contributed by atoms with Crippen LogP contribution in [-0.4, -0.2) is 32.4 Å². The lowest BCUT2D eigenvalue weighted by atomic mass is 10.1. The maximum atomic E-state index is 12.6. The van der Waals surface area contributed by atoms with Crippen molar-refractivity contribution < 1.29 is 17.9 Å². The van der Waals surface area contributed by atoms with E-state index in [2.05, 4.69) is 5.32 Å². The van der Waals surface area contributed by atoms with Crippen LogP contribution in [0.15, 0.2) is 24.3 Å². The lowest BCUT2D eigenvalue weighted by Crippen LogP contribution is -2.44. The van der Waals surface area contributed by atoms with Crippen LogP contribution in [0.2, 0.25) is 5.02 Å². The number of ether oxygens (including phenoxy) is 1. The first kappa shape index (κ1) is 21.1. The van der Waals surface area contributed by atoms with Gasteiger partial charge in [0.2, 0.25) is 0 Å². The Kier molecular flexibility index (Phi) is 7.83. The van der Waals surface area contributed by atoms with Crippen molar-refractivity contribution in [2.24, 2.45) is 5.92 Å². The van der Waals surface area contributed by atoms with Gasteiger partial charge in [-0.2, -0.15) is 0 Å². The molecule has 2 atom stereocenters. The Hall–Kier alpha value is -0.980. The summed E-state index contributed by atoms with van der Waals surface area (Å²) in [5.74, 6) is -0.386. The third-order valence-corrected chi connectivity index (χ3v) is 6.35. The Labute approximate surface area is 153 Å². The number of rotatable bonds is 7. The molecule has 0 aromatic heterocycles. The van der Waals surface area contributed by atoms with E-state index >= 15 is 0 Å². The molecule has 1 N–H and O–H groups in total. The number of hydrogen-bond donors (Lipinski definition) is 1. The third kappa shape index (κ3) is 6.49. The van der Waals surface area contributed by atoms with Gasteiger partial charge in [0.05, 0.1) is 11.9 Å². The molecule has 5 nitrogen and oxygen atoms in total. The molecule has 0 aliphatic carbocycles. The largest absolute Gasteiger partial charge is 0.447 e. The maximum Gasteiger partial charge on any atom is 0.407 e. The van der Waals surface area contributed by atoms with Gasteiger partial charge in [0.25, 0.3) is 0 Å². The standard InChI is InChI=1S/C16H23Cl2NO4S/c1-10(2)14(19-16(20)23-11(3)4)9-24(21,22)15(18)12-5-7-13(17)8-6-12/h5-8,10-11,14-15H,9H2,1-4H3,(H,19,20)/t14-,15?/m1/s1. The van der Waals surface area contributed by atoms with Crippen LogP contribution in [0.5, 0.6) is 0 Å². The molecule has 0 radical (unpaired) electrons. The maximum absolute atomic E-state index is 12.6. The Morgan fingerprint density at radius 1 is 1.17 bits per heavy atom. The van der Waals surface area contributed by atoms with Crippen LogP contribution in [0.25, 0.3) is 0 Å². The lowest BCUT2D eigenvalue weighted by molar-refractivity contribution is 0.111. The summed E-state index contributed by atoms with van der Waals surface area (Å²) in [6, 6.07) is 5.71. The molecule has 0 aliphatic rings. The summed E-state index contributed by atoms with van der Waals surface area (Å²) in [6.45, 7) is 7.08. The molecule has 1 amide bonds. The smallest absolute Gasteiger partial charge is 0.407 e. The first-order valence-electron chi connectivity index (χ1n) is 7.61. The van der Waals surface area contributed by atoms with E-state index in [1.165, 1.54) is 0 Å². The fourth-order valence-corrected chi connectivity index (χ4v) is 4.16. The molecule has 0 fully saturated rings. The number of alkyl halides is 1. The molecular formula is C16H23Cl2NO4S. The average Bonchev–Trinajstić information content (AvgIpc) is 2.45. The van der Waals surface area contributed by atoms with Crippen LogP contribution < -0.4 is 5.32 Å².